The van der Waals surface area contributed by atoms with Gasteiger partial charge in [-0.15, -0.1) is 0 Å². The van der Waals surface area contributed by atoms with Gasteiger partial charge in [-0.1, -0.05) is 30.3 Å². The minimum atomic E-state index is -0.610. The van der Waals surface area contributed by atoms with E-state index in [4.69, 9.17) is 0 Å². The van der Waals surface area contributed by atoms with Crippen molar-refractivity contribution in [3.63, 3.8) is 0 Å². The van der Waals surface area contributed by atoms with Crippen LogP contribution in [0.3, 0.4) is 0 Å². The van der Waals surface area contributed by atoms with Gasteiger partial charge >= 0.3 is 0 Å². The zero-order chi connectivity index (χ0) is 26.9. The zero-order valence-corrected chi connectivity index (χ0v) is 20.6. The first kappa shape index (κ1) is 26.1. The van der Waals surface area contributed by atoms with Crippen LogP contribution in [0.2, 0.25) is 0 Å². The fourth-order valence-electron chi connectivity index (χ4n) is 3.83. The van der Waals surface area contributed by atoms with Crippen molar-refractivity contribution >= 4 is 17.6 Å². The average molecular weight is 509 g/mol. The second-order valence-corrected chi connectivity index (χ2v) is 8.56. The Morgan fingerprint density at radius 2 is 1.82 bits per heavy atom. The van der Waals surface area contributed by atoms with Crippen molar-refractivity contribution in [1.82, 2.24) is 20.6 Å². The third-order valence-electron chi connectivity index (χ3n) is 5.77. The number of carbonyl (C=O) groups excluding carboxylic acids is 2. The minimum absolute atomic E-state index is 0.0849. The van der Waals surface area contributed by atoms with Crippen molar-refractivity contribution in [2.24, 2.45) is 0 Å². The molecule has 8 nitrogen and oxygen atoms in total. The molecule has 190 valence electrons. The first-order valence-corrected chi connectivity index (χ1v) is 11.9. The molecule has 0 saturated carbocycles. The van der Waals surface area contributed by atoms with E-state index in [9.17, 15) is 19.2 Å². The van der Waals surface area contributed by atoms with E-state index in [1.807, 2.05) is 36.4 Å². The SMILES string of the molecule is CC(=O)Nc1ccc(-c2ccc(CNC[C@@H](NC(=O)c3cccnc3)c3ccc(F)c(C#N)c3)cc2)cn1. The van der Waals surface area contributed by atoms with E-state index in [0.29, 0.717) is 30.0 Å². The Balaban J connectivity index is 1.42. The second-order valence-electron chi connectivity index (χ2n) is 8.56. The third-order valence-corrected chi connectivity index (χ3v) is 5.77. The summed E-state index contributed by atoms with van der Waals surface area (Å²) in [6.07, 6.45) is 4.75. The third kappa shape index (κ3) is 6.84. The highest BCUT2D eigenvalue weighted by molar-refractivity contribution is 5.94. The minimum Gasteiger partial charge on any atom is -0.344 e. The number of hydrogen-bond acceptors (Lipinski definition) is 6. The Morgan fingerprint density at radius 3 is 2.47 bits per heavy atom. The normalized spacial score (nSPS) is 11.3. The summed E-state index contributed by atoms with van der Waals surface area (Å²) in [6.45, 7) is 2.30. The molecule has 0 fully saturated rings. The Hall–Kier alpha value is -4.94. The summed E-state index contributed by atoms with van der Waals surface area (Å²) in [7, 11) is 0. The number of aromatic nitrogens is 2. The highest BCUT2D eigenvalue weighted by atomic mass is 19.1. The second kappa shape index (κ2) is 12.3. The number of nitrogens with zero attached hydrogens (tertiary/aromatic N) is 3. The van der Waals surface area contributed by atoms with Crippen LogP contribution >= 0.6 is 0 Å². The summed E-state index contributed by atoms with van der Waals surface area (Å²) in [4.78, 5) is 32.2. The lowest BCUT2D eigenvalue weighted by Gasteiger charge is -2.20. The van der Waals surface area contributed by atoms with Crippen molar-refractivity contribution in [3.8, 4) is 17.2 Å². The van der Waals surface area contributed by atoms with Gasteiger partial charge in [-0.05, 0) is 53.1 Å². The lowest BCUT2D eigenvalue weighted by molar-refractivity contribution is -0.114. The van der Waals surface area contributed by atoms with Gasteiger partial charge in [-0.2, -0.15) is 5.26 Å². The van der Waals surface area contributed by atoms with E-state index >= 15 is 0 Å². The number of benzene rings is 2. The van der Waals surface area contributed by atoms with E-state index in [1.165, 1.54) is 25.3 Å². The molecule has 0 saturated heterocycles. The first-order valence-electron chi connectivity index (χ1n) is 11.9. The lowest BCUT2D eigenvalue weighted by atomic mass is 10.0. The van der Waals surface area contributed by atoms with Gasteiger partial charge in [0.2, 0.25) is 5.91 Å². The van der Waals surface area contributed by atoms with Crippen LogP contribution in [0, 0.1) is 17.1 Å². The molecule has 0 aliphatic heterocycles. The molecule has 2 amide bonds. The van der Waals surface area contributed by atoms with Crippen LogP contribution < -0.4 is 16.0 Å². The van der Waals surface area contributed by atoms with Gasteiger partial charge in [0.15, 0.2) is 0 Å². The predicted octanol–water partition coefficient (Wildman–Crippen LogP) is 4.37. The van der Waals surface area contributed by atoms with Crippen molar-refractivity contribution in [2.75, 3.05) is 11.9 Å². The number of rotatable bonds is 9. The maximum Gasteiger partial charge on any atom is 0.253 e. The van der Waals surface area contributed by atoms with E-state index in [2.05, 4.69) is 25.9 Å². The van der Waals surface area contributed by atoms with Crippen LogP contribution in [0.1, 0.15) is 40.0 Å². The molecule has 0 aliphatic carbocycles. The highest BCUT2D eigenvalue weighted by Gasteiger charge is 2.17. The Labute approximate surface area is 219 Å². The fraction of sp³-hybridized carbons (Fsp3) is 0.138. The molecule has 2 heterocycles. The van der Waals surface area contributed by atoms with Crippen LogP contribution in [0.5, 0.6) is 0 Å². The lowest BCUT2D eigenvalue weighted by Crippen LogP contribution is -2.35. The molecule has 2 aromatic heterocycles. The molecule has 4 rings (SSSR count). The van der Waals surface area contributed by atoms with Crippen molar-refractivity contribution in [3.05, 3.63) is 113 Å². The molecule has 0 bridgehead atoms. The number of hydrogen-bond donors (Lipinski definition) is 3. The molecule has 0 spiro atoms. The highest BCUT2D eigenvalue weighted by Crippen LogP contribution is 2.21. The monoisotopic (exact) mass is 508 g/mol. The molecule has 0 unspecified atom stereocenters. The van der Waals surface area contributed by atoms with E-state index in [-0.39, 0.29) is 17.4 Å². The Morgan fingerprint density at radius 1 is 1.03 bits per heavy atom. The topological polar surface area (TPSA) is 120 Å². The van der Waals surface area contributed by atoms with Gasteiger partial charge in [0.05, 0.1) is 17.2 Å². The summed E-state index contributed by atoms with van der Waals surface area (Å²) < 4.78 is 13.9. The fourth-order valence-corrected chi connectivity index (χ4v) is 3.83. The largest absolute Gasteiger partial charge is 0.344 e. The number of pyridine rings is 2. The standard InChI is InChI=1S/C29H25FN6O2/c1-19(37)35-28-11-9-23(17-34-28)21-6-4-20(5-7-21)15-33-18-27(22-8-10-26(30)25(13-22)14-31)36-29(38)24-3-2-12-32-16-24/h2-13,16-17,27,33H,15,18H2,1H3,(H,36,38)(H,34,35,37)/t27-/m1/s1. The Bertz CT molecular complexity index is 1450. The molecule has 1 atom stereocenters. The molecule has 9 heteroatoms. The van der Waals surface area contributed by atoms with Crippen LogP contribution in [0.4, 0.5) is 10.2 Å². The first-order chi connectivity index (χ1) is 18.4. The summed E-state index contributed by atoms with van der Waals surface area (Å²) in [5, 5.41) is 18.2. The predicted molar refractivity (Wildman–Crippen MR) is 141 cm³/mol. The van der Waals surface area contributed by atoms with Crippen LogP contribution in [-0.4, -0.2) is 28.3 Å². The summed E-state index contributed by atoms with van der Waals surface area (Å²) in [6, 6.07) is 20.5. The van der Waals surface area contributed by atoms with Gasteiger partial charge in [0, 0.05) is 44.2 Å². The quantitative estimate of drug-likeness (QED) is 0.309. The average Bonchev–Trinajstić information content (AvgIpc) is 2.94. The summed E-state index contributed by atoms with van der Waals surface area (Å²) >= 11 is 0. The van der Waals surface area contributed by atoms with Gasteiger partial charge in [-0.3, -0.25) is 14.6 Å². The number of carbonyl (C=O) groups is 2. The van der Waals surface area contributed by atoms with Crippen molar-refractivity contribution in [1.29, 1.82) is 5.26 Å². The van der Waals surface area contributed by atoms with Crippen molar-refractivity contribution in [2.45, 2.75) is 19.5 Å². The summed E-state index contributed by atoms with van der Waals surface area (Å²) in [5.41, 5.74) is 3.84. The van der Waals surface area contributed by atoms with Gasteiger partial charge in [-0.25, -0.2) is 9.37 Å². The van der Waals surface area contributed by atoms with E-state index < -0.39 is 11.9 Å². The summed E-state index contributed by atoms with van der Waals surface area (Å²) in [5.74, 6) is -0.613. The molecule has 3 N–H and O–H groups in total. The molecule has 2 aromatic carbocycles. The zero-order valence-electron chi connectivity index (χ0n) is 20.6. The molecular weight excluding hydrogens is 483 g/mol. The van der Waals surface area contributed by atoms with Crippen LogP contribution in [-0.2, 0) is 11.3 Å². The molecular formula is C29H25FN6O2. The molecule has 0 radical (unpaired) electrons. The molecule has 4 aromatic rings. The Kier molecular flexibility index (Phi) is 8.49. The van der Waals surface area contributed by atoms with Crippen molar-refractivity contribution < 1.29 is 14.0 Å². The van der Waals surface area contributed by atoms with Gasteiger partial charge in [0.25, 0.3) is 5.91 Å². The van der Waals surface area contributed by atoms with Gasteiger partial charge < -0.3 is 16.0 Å². The van der Waals surface area contributed by atoms with E-state index in [0.717, 1.165) is 16.7 Å². The number of amides is 2. The maximum atomic E-state index is 13.9. The number of anilines is 1. The number of nitriles is 1. The van der Waals surface area contributed by atoms with Crippen LogP contribution in [0.25, 0.3) is 11.1 Å². The smallest absolute Gasteiger partial charge is 0.253 e. The maximum absolute atomic E-state index is 13.9. The van der Waals surface area contributed by atoms with E-state index in [1.54, 1.807) is 36.7 Å². The molecule has 0 aliphatic rings. The van der Waals surface area contributed by atoms with Gasteiger partial charge in [0.1, 0.15) is 17.7 Å². The van der Waals surface area contributed by atoms with Crippen LogP contribution in [0.15, 0.2) is 85.3 Å². The number of halogens is 1. The molecule has 38 heavy (non-hydrogen) atoms. The number of nitrogens with one attached hydrogen (secondary N) is 3.